The zero-order chi connectivity index (χ0) is 20.3. The van der Waals surface area contributed by atoms with Gasteiger partial charge in [0.1, 0.15) is 10.1 Å². The number of methoxy groups -OCH3 is 1. The van der Waals surface area contributed by atoms with Crippen LogP contribution in [0.5, 0.6) is 5.75 Å². The fourth-order valence-corrected chi connectivity index (χ4v) is 4.47. The van der Waals surface area contributed by atoms with Crippen molar-refractivity contribution in [2.75, 3.05) is 18.2 Å². The number of anilines is 1. The van der Waals surface area contributed by atoms with Crippen molar-refractivity contribution in [1.82, 2.24) is 15.2 Å². The number of hydrogen-bond acceptors (Lipinski definition) is 7. The molecule has 0 spiro atoms. The van der Waals surface area contributed by atoms with Crippen molar-refractivity contribution in [2.45, 2.75) is 5.16 Å². The number of thioether (sulfide) groups is 1. The number of amides is 1. The molecule has 0 saturated carbocycles. The third-order valence-electron chi connectivity index (χ3n) is 3.36. The van der Waals surface area contributed by atoms with Gasteiger partial charge in [-0.15, -0.1) is 21.5 Å². The molecule has 146 valence electrons. The van der Waals surface area contributed by atoms with Crippen LogP contribution in [-0.2, 0) is 4.79 Å². The van der Waals surface area contributed by atoms with Crippen molar-refractivity contribution in [3.8, 4) is 17.0 Å². The minimum Gasteiger partial charge on any atom is -0.495 e. The second kappa shape index (κ2) is 9.15. The number of rotatable bonds is 6. The Bertz CT molecular complexity index is 1090. The molecule has 0 bridgehead atoms. The normalized spacial score (nSPS) is 10.7. The highest BCUT2D eigenvalue weighted by Crippen LogP contribution is 2.36. The van der Waals surface area contributed by atoms with E-state index in [-0.39, 0.29) is 22.5 Å². The molecule has 2 N–H and O–H groups in total. The first-order valence-corrected chi connectivity index (χ1v) is 10.5. The molecule has 0 radical (unpaired) electrons. The first-order valence-electron chi connectivity index (χ1n) is 7.55. The number of nitrogens with zero attached hydrogens (tertiary/aromatic N) is 2. The van der Waals surface area contributed by atoms with Crippen LogP contribution in [0.15, 0.2) is 34.2 Å². The fraction of sp³-hybridized carbons (Fsp3) is 0.125. The van der Waals surface area contributed by atoms with Crippen LogP contribution in [0, 0.1) is 0 Å². The highest BCUT2D eigenvalue weighted by atomic mass is 35.5. The Hall–Kier alpha value is -1.78. The Morgan fingerprint density at radius 3 is 2.68 bits per heavy atom. The summed E-state index contributed by atoms with van der Waals surface area (Å²) in [4.78, 5) is 26.9. The van der Waals surface area contributed by atoms with Gasteiger partial charge in [-0.2, -0.15) is 0 Å². The van der Waals surface area contributed by atoms with E-state index in [0.29, 0.717) is 30.7 Å². The van der Waals surface area contributed by atoms with E-state index in [1.54, 1.807) is 24.3 Å². The Balaban J connectivity index is 1.64. The van der Waals surface area contributed by atoms with Crippen LogP contribution < -0.4 is 15.6 Å². The van der Waals surface area contributed by atoms with Crippen molar-refractivity contribution in [1.29, 1.82) is 0 Å². The predicted octanol–water partition coefficient (Wildman–Crippen LogP) is 4.59. The molecule has 2 heterocycles. The van der Waals surface area contributed by atoms with Gasteiger partial charge in [-0.05, 0) is 24.3 Å². The van der Waals surface area contributed by atoms with Gasteiger partial charge in [-0.1, -0.05) is 46.6 Å². The maximum Gasteiger partial charge on any atom is 0.278 e. The number of thiophene rings is 1. The lowest BCUT2D eigenvalue weighted by Crippen LogP contribution is -2.17. The average molecular weight is 478 g/mol. The van der Waals surface area contributed by atoms with Gasteiger partial charge < -0.3 is 10.1 Å². The molecule has 0 aliphatic heterocycles. The van der Waals surface area contributed by atoms with E-state index in [1.165, 1.54) is 7.11 Å². The molecule has 3 aromatic rings. The van der Waals surface area contributed by atoms with Gasteiger partial charge in [-0.25, -0.2) is 0 Å². The lowest BCUT2D eigenvalue weighted by molar-refractivity contribution is -0.113. The van der Waals surface area contributed by atoms with Crippen molar-refractivity contribution < 1.29 is 9.53 Å². The lowest BCUT2D eigenvalue weighted by Gasteiger charge is -2.07. The zero-order valence-electron chi connectivity index (χ0n) is 14.1. The van der Waals surface area contributed by atoms with E-state index in [4.69, 9.17) is 39.5 Å². The molecule has 7 nitrogen and oxygen atoms in total. The molecule has 0 aliphatic rings. The Morgan fingerprint density at radius 2 is 2.07 bits per heavy atom. The smallest absolute Gasteiger partial charge is 0.278 e. The molecule has 28 heavy (non-hydrogen) atoms. The van der Waals surface area contributed by atoms with Crippen LogP contribution in [0.1, 0.15) is 0 Å². The largest absolute Gasteiger partial charge is 0.495 e. The second-order valence-electron chi connectivity index (χ2n) is 5.23. The van der Waals surface area contributed by atoms with Gasteiger partial charge in [-0.3, -0.25) is 14.6 Å². The third kappa shape index (κ3) is 4.98. The number of hydrogen-bond donors (Lipinski definition) is 2. The van der Waals surface area contributed by atoms with Gasteiger partial charge in [0, 0.05) is 11.3 Å². The summed E-state index contributed by atoms with van der Waals surface area (Å²) in [5.74, 6) is 0.221. The first-order chi connectivity index (χ1) is 13.4. The summed E-state index contributed by atoms with van der Waals surface area (Å²) in [5.41, 5.74) is 0.525. The summed E-state index contributed by atoms with van der Waals surface area (Å²) in [6.45, 7) is 0. The molecule has 0 aliphatic carbocycles. The monoisotopic (exact) mass is 476 g/mol. The number of halogens is 3. The molecule has 12 heteroatoms. The minimum absolute atomic E-state index is 0.0125. The van der Waals surface area contributed by atoms with Gasteiger partial charge in [0.15, 0.2) is 10.9 Å². The molecule has 0 saturated heterocycles. The van der Waals surface area contributed by atoms with Gasteiger partial charge in [0.05, 0.1) is 22.2 Å². The number of nitrogens with one attached hydrogen (secondary N) is 2. The number of ether oxygens (including phenoxy) is 1. The molecule has 3 rings (SSSR count). The molecular weight excluding hydrogens is 467 g/mol. The molecule has 1 aromatic carbocycles. The number of benzene rings is 1. The summed E-state index contributed by atoms with van der Waals surface area (Å²) in [7, 11) is 1.50. The van der Waals surface area contributed by atoms with E-state index in [9.17, 15) is 9.59 Å². The summed E-state index contributed by atoms with van der Waals surface area (Å²) >= 11 is 20.1. The van der Waals surface area contributed by atoms with Gasteiger partial charge >= 0.3 is 0 Å². The Kier molecular flexibility index (Phi) is 6.84. The number of aromatic nitrogens is 3. The number of aromatic amines is 1. The number of carbonyl (C=O) groups is 1. The quantitative estimate of drug-likeness (QED) is 0.504. The Labute approximate surface area is 182 Å². The van der Waals surface area contributed by atoms with E-state index >= 15 is 0 Å². The van der Waals surface area contributed by atoms with E-state index < -0.39 is 5.56 Å². The predicted molar refractivity (Wildman–Crippen MR) is 113 cm³/mol. The van der Waals surface area contributed by atoms with Gasteiger partial charge in [0.2, 0.25) is 5.91 Å². The minimum atomic E-state index is -0.476. The molecule has 0 fully saturated rings. The zero-order valence-corrected chi connectivity index (χ0v) is 18.0. The molecule has 1 amide bonds. The van der Waals surface area contributed by atoms with Crippen LogP contribution in [0.2, 0.25) is 13.7 Å². The molecular formula is C16H11Cl3N4O3S2. The lowest BCUT2D eigenvalue weighted by atomic mass is 10.2. The number of carbonyl (C=O) groups excluding carboxylic acids is 1. The average Bonchev–Trinajstić information content (AvgIpc) is 2.98. The second-order valence-corrected chi connectivity index (χ2v) is 8.89. The standard InChI is InChI=1S/C16H11Cl3N4O3S2/c1-26-10-3-2-7(4-9(10)17)20-12(24)6-27-16-21-15(25)13(22-23-16)8-5-11(18)28-14(8)19/h2-5H,6H2,1H3,(H,20,24)(H,21,23,25). The SMILES string of the molecule is COc1ccc(NC(=O)CSc2nnc(-c3cc(Cl)sc3Cl)c(=O)[nH]2)cc1Cl. The number of H-pyrrole nitrogens is 1. The maximum absolute atomic E-state index is 12.2. The van der Waals surface area contributed by atoms with E-state index in [2.05, 4.69) is 20.5 Å². The highest BCUT2D eigenvalue weighted by molar-refractivity contribution is 7.99. The summed E-state index contributed by atoms with van der Waals surface area (Å²) < 4.78 is 5.85. The van der Waals surface area contributed by atoms with E-state index in [0.717, 1.165) is 23.1 Å². The highest BCUT2D eigenvalue weighted by Gasteiger charge is 2.15. The van der Waals surface area contributed by atoms with Crippen molar-refractivity contribution >= 4 is 69.5 Å². The summed E-state index contributed by atoms with van der Waals surface area (Å²) in [5, 5.41) is 11.1. The third-order valence-corrected chi connectivity index (χ3v) is 6.01. The van der Waals surface area contributed by atoms with Crippen LogP contribution in [0.25, 0.3) is 11.3 Å². The van der Waals surface area contributed by atoms with E-state index in [1.807, 2.05) is 0 Å². The van der Waals surface area contributed by atoms with Crippen molar-refractivity contribution in [3.05, 3.63) is 48.3 Å². The van der Waals surface area contributed by atoms with Crippen LogP contribution in [0.4, 0.5) is 5.69 Å². The van der Waals surface area contributed by atoms with Crippen LogP contribution >= 0.6 is 57.9 Å². The van der Waals surface area contributed by atoms with Crippen LogP contribution in [0.3, 0.4) is 0 Å². The summed E-state index contributed by atoms with van der Waals surface area (Å²) in [6, 6.07) is 6.44. The van der Waals surface area contributed by atoms with Crippen molar-refractivity contribution in [2.24, 2.45) is 0 Å². The summed E-state index contributed by atoms with van der Waals surface area (Å²) in [6.07, 6.45) is 0. The molecule has 0 atom stereocenters. The first kappa shape index (κ1) is 20.9. The molecule has 0 unspecified atom stereocenters. The van der Waals surface area contributed by atoms with Gasteiger partial charge in [0.25, 0.3) is 5.56 Å². The topological polar surface area (TPSA) is 97.0 Å². The fourth-order valence-electron chi connectivity index (χ4n) is 2.14. The van der Waals surface area contributed by atoms with Crippen molar-refractivity contribution in [3.63, 3.8) is 0 Å². The molecule has 2 aromatic heterocycles. The Morgan fingerprint density at radius 1 is 1.29 bits per heavy atom. The van der Waals surface area contributed by atoms with Crippen LogP contribution in [-0.4, -0.2) is 34.0 Å². The maximum atomic E-state index is 12.2.